The second-order valence-corrected chi connectivity index (χ2v) is 8.11. The van der Waals surface area contributed by atoms with Crippen molar-refractivity contribution in [2.45, 2.75) is 31.6 Å². The number of aryl methyl sites for hydroxylation is 1. The lowest BCUT2D eigenvalue weighted by Gasteiger charge is -2.07. The minimum atomic E-state index is -3.70. The maximum atomic E-state index is 12.3. The van der Waals surface area contributed by atoms with Crippen LogP contribution in [-0.2, 0) is 14.8 Å². The average molecular weight is 371 g/mol. The van der Waals surface area contributed by atoms with Gasteiger partial charge in [0.25, 0.3) is 10.0 Å². The van der Waals surface area contributed by atoms with E-state index in [0.717, 1.165) is 29.7 Å². The normalized spacial score (nSPS) is 14.8. The molecule has 1 fully saturated rings. The van der Waals surface area contributed by atoms with E-state index >= 15 is 0 Å². The van der Waals surface area contributed by atoms with E-state index in [1.54, 1.807) is 55.5 Å². The summed E-state index contributed by atoms with van der Waals surface area (Å²) in [5.74, 6) is 0.197. The summed E-state index contributed by atoms with van der Waals surface area (Å²) >= 11 is 0. The van der Waals surface area contributed by atoms with E-state index in [1.807, 2.05) is 6.92 Å². The second kappa shape index (κ2) is 7.29. The van der Waals surface area contributed by atoms with Crippen molar-refractivity contribution < 1.29 is 13.2 Å². The van der Waals surface area contributed by atoms with Gasteiger partial charge >= 0.3 is 0 Å². The zero-order chi connectivity index (χ0) is 18.7. The highest BCUT2D eigenvalue weighted by atomic mass is 32.2. The molecule has 1 saturated carbocycles. The molecule has 0 bridgehead atoms. The van der Waals surface area contributed by atoms with E-state index in [0.29, 0.717) is 5.71 Å². The van der Waals surface area contributed by atoms with Gasteiger partial charge in [-0.2, -0.15) is 18.4 Å². The summed E-state index contributed by atoms with van der Waals surface area (Å²) < 4.78 is 24.5. The predicted molar refractivity (Wildman–Crippen MR) is 102 cm³/mol. The number of sulfonamides is 1. The Morgan fingerprint density at radius 1 is 1.04 bits per heavy atom. The van der Waals surface area contributed by atoms with Gasteiger partial charge in [0.2, 0.25) is 5.91 Å². The summed E-state index contributed by atoms with van der Waals surface area (Å²) in [6.07, 6.45) is 1.91. The van der Waals surface area contributed by atoms with Gasteiger partial charge in [-0.1, -0.05) is 29.8 Å². The van der Waals surface area contributed by atoms with Crippen molar-refractivity contribution in [3.8, 4) is 0 Å². The number of nitrogens with zero attached hydrogens (tertiary/aromatic N) is 1. The first kappa shape index (κ1) is 18.1. The van der Waals surface area contributed by atoms with E-state index in [2.05, 4.69) is 15.2 Å². The third-order valence-electron chi connectivity index (χ3n) is 4.18. The minimum Gasteiger partial charge on any atom is -0.326 e. The van der Waals surface area contributed by atoms with Gasteiger partial charge in [0.05, 0.1) is 10.6 Å². The third kappa shape index (κ3) is 4.49. The third-order valence-corrected chi connectivity index (χ3v) is 5.41. The zero-order valence-corrected chi connectivity index (χ0v) is 15.5. The van der Waals surface area contributed by atoms with E-state index < -0.39 is 10.0 Å². The molecule has 3 rings (SSSR count). The first-order chi connectivity index (χ1) is 12.3. The van der Waals surface area contributed by atoms with Gasteiger partial charge in [-0.05, 0) is 56.5 Å². The van der Waals surface area contributed by atoms with E-state index in [1.165, 1.54) is 0 Å². The number of nitrogens with one attached hydrogen (secondary N) is 2. The lowest BCUT2D eigenvalue weighted by Crippen LogP contribution is -2.20. The van der Waals surface area contributed by atoms with E-state index in [9.17, 15) is 13.2 Å². The number of benzene rings is 2. The zero-order valence-electron chi connectivity index (χ0n) is 14.7. The fourth-order valence-electron chi connectivity index (χ4n) is 2.35. The predicted octanol–water partition coefficient (Wildman–Crippen LogP) is 3.05. The highest BCUT2D eigenvalue weighted by Gasteiger charge is 2.29. The Morgan fingerprint density at radius 3 is 2.23 bits per heavy atom. The fourth-order valence-corrected chi connectivity index (χ4v) is 3.20. The summed E-state index contributed by atoms with van der Waals surface area (Å²) in [6.45, 7) is 3.61. The van der Waals surface area contributed by atoms with E-state index in [-0.39, 0.29) is 16.7 Å². The Morgan fingerprint density at radius 2 is 1.65 bits per heavy atom. The van der Waals surface area contributed by atoms with Gasteiger partial charge in [0, 0.05) is 11.6 Å². The molecule has 0 atom stereocenters. The molecule has 0 heterocycles. The monoisotopic (exact) mass is 371 g/mol. The van der Waals surface area contributed by atoms with Crippen LogP contribution in [0.1, 0.15) is 30.9 Å². The molecule has 0 saturated heterocycles. The Kier molecular flexibility index (Phi) is 5.08. The number of rotatable bonds is 6. The number of anilines is 1. The number of carbonyl (C=O) groups is 1. The summed E-state index contributed by atoms with van der Waals surface area (Å²) in [6, 6.07) is 13.7. The van der Waals surface area contributed by atoms with Gasteiger partial charge in [-0.15, -0.1) is 0 Å². The Bertz CT molecular complexity index is 929. The summed E-state index contributed by atoms with van der Waals surface area (Å²) in [5, 5.41) is 6.85. The van der Waals surface area contributed by atoms with Gasteiger partial charge < -0.3 is 5.32 Å². The highest BCUT2D eigenvalue weighted by Crippen LogP contribution is 2.30. The molecule has 0 radical (unpaired) electrons. The maximum absolute atomic E-state index is 12.3. The molecule has 26 heavy (non-hydrogen) atoms. The van der Waals surface area contributed by atoms with Crippen LogP contribution in [0.5, 0.6) is 0 Å². The van der Waals surface area contributed by atoms with Crippen molar-refractivity contribution in [2.75, 3.05) is 5.32 Å². The quantitative estimate of drug-likeness (QED) is 0.604. The van der Waals surface area contributed by atoms with Crippen LogP contribution in [-0.4, -0.2) is 20.0 Å². The van der Waals surface area contributed by atoms with Crippen LogP contribution in [0, 0.1) is 12.8 Å². The topological polar surface area (TPSA) is 87.6 Å². The van der Waals surface area contributed by atoms with Crippen LogP contribution in [0.25, 0.3) is 0 Å². The van der Waals surface area contributed by atoms with Gasteiger partial charge in [0.15, 0.2) is 0 Å². The largest absolute Gasteiger partial charge is 0.326 e. The first-order valence-corrected chi connectivity index (χ1v) is 9.87. The number of carbonyl (C=O) groups excluding carboxylic acids is 1. The maximum Gasteiger partial charge on any atom is 0.276 e. The lowest BCUT2D eigenvalue weighted by molar-refractivity contribution is -0.117. The van der Waals surface area contributed by atoms with Gasteiger partial charge in [-0.3, -0.25) is 4.79 Å². The van der Waals surface area contributed by atoms with Crippen molar-refractivity contribution >= 4 is 27.3 Å². The standard InChI is InChI=1S/C19H21N3O3S/c1-13-3-11-18(12-4-13)26(24,25)22-21-14(2)15-7-9-17(10-8-15)20-19(23)16-5-6-16/h3-4,7-12,16,22H,5-6H2,1-2H3,(H,20,23). The van der Waals surface area contributed by atoms with Crippen molar-refractivity contribution in [1.82, 2.24) is 4.83 Å². The van der Waals surface area contributed by atoms with Crippen LogP contribution < -0.4 is 10.1 Å². The molecule has 0 spiro atoms. The molecular weight excluding hydrogens is 350 g/mol. The molecule has 1 amide bonds. The fraction of sp³-hybridized carbons (Fsp3) is 0.263. The molecule has 0 unspecified atom stereocenters. The van der Waals surface area contributed by atoms with Crippen LogP contribution in [0.4, 0.5) is 5.69 Å². The number of hydrogen-bond donors (Lipinski definition) is 2. The molecule has 1 aliphatic carbocycles. The van der Waals surface area contributed by atoms with Crippen molar-refractivity contribution in [2.24, 2.45) is 11.0 Å². The number of hydrazone groups is 1. The summed E-state index contributed by atoms with van der Waals surface area (Å²) in [4.78, 5) is 14.2. The SMILES string of the molecule is CC(=NNS(=O)(=O)c1ccc(C)cc1)c1ccc(NC(=O)C2CC2)cc1. The Labute approximate surface area is 153 Å². The number of hydrogen-bond acceptors (Lipinski definition) is 4. The summed E-state index contributed by atoms with van der Waals surface area (Å²) in [5.41, 5.74) is 3.00. The molecular formula is C19H21N3O3S. The lowest BCUT2D eigenvalue weighted by atomic mass is 10.1. The van der Waals surface area contributed by atoms with Crippen LogP contribution >= 0.6 is 0 Å². The Balaban J connectivity index is 1.66. The minimum absolute atomic E-state index is 0.0500. The van der Waals surface area contributed by atoms with Crippen LogP contribution in [0.2, 0.25) is 0 Å². The van der Waals surface area contributed by atoms with Crippen molar-refractivity contribution in [3.63, 3.8) is 0 Å². The van der Waals surface area contributed by atoms with Crippen LogP contribution in [0.15, 0.2) is 58.5 Å². The molecule has 2 aromatic carbocycles. The van der Waals surface area contributed by atoms with Crippen molar-refractivity contribution in [3.05, 3.63) is 59.7 Å². The molecule has 0 aliphatic heterocycles. The molecule has 0 aromatic heterocycles. The first-order valence-electron chi connectivity index (χ1n) is 8.39. The average Bonchev–Trinajstić information content (AvgIpc) is 3.46. The molecule has 2 N–H and O–H groups in total. The molecule has 6 nitrogen and oxygen atoms in total. The number of amides is 1. The van der Waals surface area contributed by atoms with Crippen molar-refractivity contribution in [1.29, 1.82) is 0 Å². The van der Waals surface area contributed by atoms with Gasteiger partial charge in [-0.25, -0.2) is 0 Å². The van der Waals surface area contributed by atoms with E-state index in [4.69, 9.17) is 0 Å². The molecule has 136 valence electrons. The molecule has 2 aromatic rings. The Hall–Kier alpha value is -2.67. The van der Waals surface area contributed by atoms with Gasteiger partial charge in [0.1, 0.15) is 0 Å². The summed E-state index contributed by atoms with van der Waals surface area (Å²) in [7, 11) is -3.70. The molecule has 1 aliphatic rings. The smallest absolute Gasteiger partial charge is 0.276 e. The second-order valence-electron chi connectivity index (χ2n) is 6.45. The van der Waals surface area contributed by atoms with Crippen LogP contribution in [0.3, 0.4) is 0 Å². The molecule has 7 heteroatoms. The highest BCUT2D eigenvalue weighted by molar-refractivity contribution is 7.89.